The number of thiocarbonyl (C=S) groups is 1. The molecule has 0 saturated carbocycles. The van der Waals surface area contributed by atoms with E-state index in [0.29, 0.717) is 5.56 Å². The molecule has 7 nitrogen and oxygen atoms in total. The average molecular weight is 615 g/mol. The molecule has 0 aromatic heterocycles. The van der Waals surface area contributed by atoms with Gasteiger partial charge in [0, 0.05) is 12.0 Å². The first-order chi connectivity index (χ1) is 20.1. The third kappa shape index (κ3) is 6.46. The van der Waals surface area contributed by atoms with Crippen LogP contribution in [-0.4, -0.2) is 40.6 Å². The standard InChI is InChI=1S/C32H26N2O5S3/c1-21-12-16-26(17-13-21)42(38,39)33-30(36)27(18-22-8-4-2-5-9-22)34-31(37)29(41-32(34)40)20-25-15-14-24(19-28(25)35)23-10-6-3-7-11-23/h2-17,19-20,27,35H,18H2,1H3,(H,33,36)/b29-20-/t27-/m0/s1. The zero-order chi connectivity index (χ0) is 29.9. The molecule has 212 valence electrons. The molecule has 2 amide bonds. The van der Waals surface area contributed by atoms with Crippen LogP contribution in [0.15, 0.2) is 113 Å². The number of rotatable bonds is 8. The van der Waals surface area contributed by atoms with E-state index in [0.717, 1.165) is 38.9 Å². The number of carbonyl (C=O) groups excluding carboxylic acids is 2. The highest BCUT2D eigenvalue weighted by molar-refractivity contribution is 8.26. The molecule has 5 rings (SSSR count). The number of aromatic hydroxyl groups is 1. The van der Waals surface area contributed by atoms with Gasteiger partial charge in [-0.05, 0) is 47.9 Å². The van der Waals surface area contributed by atoms with Crippen molar-refractivity contribution in [2.45, 2.75) is 24.3 Å². The summed E-state index contributed by atoms with van der Waals surface area (Å²) in [5.41, 5.74) is 3.74. The van der Waals surface area contributed by atoms with Crippen LogP contribution in [0.4, 0.5) is 0 Å². The van der Waals surface area contributed by atoms with E-state index in [1.807, 2.05) is 49.4 Å². The smallest absolute Gasteiger partial charge is 0.266 e. The summed E-state index contributed by atoms with van der Waals surface area (Å²) in [7, 11) is -4.21. The second-order valence-electron chi connectivity index (χ2n) is 9.68. The maximum Gasteiger partial charge on any atom is 0.266 e. The maximum atomic E-state index is 13.7. The Morgan fingerprint density at radius 2 is 1.60 bits per heavy atom. The fraction of sp³-hybridized carbons (Fsp3) is 0.0938. The summed E-state index contributed by atoms with van der Waals surface area (Å²) in [4.78, 5) is 28.5. The van der Waals surface area contributed by atoms with Gasteiger partial charge in [-0.25, -0.2) is 13.1 Å². The van der Waals surface area contributed by atoms with Crippen molar-refractivity contribution in [2.24, 2.45) is 0 Å². The molecule has 42 heavy (non-hydrogen) atoms. The lowest BCUT2D eigenvalue weighted by Gasteiger charge is -2.26. The molecule has 1 heterocycles. The van der Waals surface area contributed by atoms with Gasteiger partial charge in [0.2, 0.25) is 0 Å². The van der Waals surface area contributed by atoms with Crippen molar-refractivity contribution >= 4 is 56.2 Å². The quantitative estimate of drug-likeness (QED) is 0.194. The summed E-state index contributed by atoms with van der Waals surface area (Å²) in [6, 6.07) is 28.5. The van der Waals surface area contributed by atoms with Gasteiger partial charge in [-0.15, -0.1) is 0 Å². The molecule has 0 unspecified atom stereocenters. The predicted molar refractivity (Wildman–Crippen MR) is 169 cm³/mol. The van der Waals surface area contributed by atoms with Crippen LogP contribution in [-0.2, 0) is 26.0 Å². The fourth-order valence-electron chi connectivity index (χ4n) is 4.48. The van der Waals surface area contributed by atoms with Crippen LogP contribution in [0.2, 0.25) is 0 Å². The van der Waals surface area contributed by atoms with Crippen LogP contribution in [0, 0.1) is 6.92 Å². The first kappa shape index (κ1) is 29.2. The Balaban J connectivity index is 1.44. The van der Waals surface area contributed by atoms with E-state index in [1.165, 1.54) is 18.2 Å². The van der Waals surface area contributed by atoms with Crippen LogP contribution >= 0.6 is 24.0 Å². The van der Waals surface area contributed by atoms with Crippen LogP contribution < -0.4 is 4.72 Å². The molecule has 2 N–H and O–H groups in total. The summed E-state index contributed by atoms with van der Waals surface area (Å²) in [5, 5.41) is 10.7. The summed E-state index contributed by atoms with van der Waals surface area (Å²) >= 11 is 6.51. The molecular weight excluding hydrogens is 589 g/mol. The molecule has 1 atom stereocenters. The van der Waals surface area contributed by atoms with E-state index >= 15 is 0 Å². The SMILES string of the molecule is Cc1ccc(S(=O)(=O)NC(=O)[C@H](Cc2ccccc2)N2C(=O)/C(=C/c3ccc(-c4ccccc4)cc3O)SC2=S)cc1. The molecule has 0 spiro atoms. The molecule has 1 fully saturated rings. The van der Waals surface area contributed by atoms with Gasteiger partial charge >= 0.3 is 0 Å². The normalized spacial score (nSPS) is 15.2. The Morgan fingerprint density at radius 1 is 0.952 bits per heavy atom. The van der Waals surface area contributed by atoms with E-state index in [1.54, 1.807) is 48.5 Å². The number of phenolic OH excluding ortho intramolecular Hbond substituents is 1. The van der Waals surface area contributed by atoms with Crippen molar-refractivity contribution in [1.82, 2.24) is 9.62 Å². The molecule has 0 bridgehead atoms. The summed E-state index contributed by atoms with van der Waals surface area (Å²) in [5.74, 6) is -1.46. The number of hydrogen-bond acceptors (Lipinski definition) is 7. The number of phenols is 1. The van der Waals surface area contributed by atoms with E-state index < -0.39 is 27.9 Å². The number of hydrogen-bond donors (Lipinski definition) is 2. The molecule has 1 saturated heterocycles. The Kier molecular flexibility index (Phi) is 8.58. The van der Waals surface area contributed by atoms with Crippen LogP contribution in [0.25, 0.3) is 17.2 Å². The Morgan fingerprint density at radius 3 is 2.24 bits per heavy atom. The molecular formula is C32H26N2O5S3. The van der Waals surface area contributed by atoms with Gasteiger partial charge in [-0.1, -0.05) is 114 Å². The Hall–Kier alpha value is -4.25. The largest absolute Gasteiger partial charge is 0.507 e. The van der Waals surface area contributed by atoms with E-state index in [-0.39, 0.29) is 26.3 Å². The molecule has 0 aliphatic carbocycles. The average Bonchev–Trinajstić information content (AvgIpc) is 3.25. The fourth-order valence-corrected chi connectivity index (χ4v) is 6.84. The third-order valence-electron chi connectivity index (χ3n) is 6.70. The lowest BCUT2D eigenvalue weighted by Crippen LogP contribution is -2.51. The number of benzene rings is 4. The van der Waals surface area contributed by atoms with Crippen LogP contribution in [0.3, 0.4) is 0 Å². The highest BCUT2D eigenvalue weighted by Gasteiger charge is 2.41. The lowest BCUT2D eigenvalue weighted by molar-refractivity contribution is -0.131. The highest BCUT2D eigenvalue weighted by Crippen LogP contribution is 2.37. The minimum absolute atomic E-state index is 0.0237. The molecule has 10 heteroatoms. The van der Waals surface area contributed by atoms with Crippen molar-refractivity contribution < 1.29 is 23.1 Å². The number of sulfonamides is 1. The number of nitrogens with zero attached hydrogens (tertiary/aromatic N) is 1. The molecule has 1 aliphatic rings. The minimum Gasteiger partial charge on any atom is -0.507 e. The van der Waals surface area contributed by atoms with E-state index in [4.69, 9.17) is 12.2 Å². The number of thioether (sulfide) groups is 1. The molecule has 0 radical (unpaired) electrons. The maximum absolute atomic E-state index is 13.7. The van der Waals surface area contributed by atoms with E-state index in [2.05, 4.69) is 4.72 Å². The van der Waals surface area contributed by atoms with Crippen molar-refractivity contribution in [3.05, 3.63) is 125 Å². The highest BCUT2D eigenvalue weighted by atomic mass is 32.2. The monoisotopic (exact) mass is 614 g/mol. The number of carbonyl (C=O) groups is 2. The summed E-state index contributed by atoms with van der Waals surface area (Å²) in [6.07, 6.45) is 1.55. The zero-order valence-corrected chi connectivity index (χ0v) is 24.9. The second-order valence-corrected chi connectivity index (χ2v) is 13.0. The Labute approximate surface area is 253 Å². The zero-order valence-electron chi connectivity index (χ0n) is 22.4. The van der Waals surface area contributed by atoms with Crippen molar-refractivity contribution in [3.8, 4) is 16.9 Å². The van der Waals surface area contributed by atoms with Crippen molar-refractivity contribution in [1.29, 1.82) is 0 Å². The van der Waals surface area contributed by atoms with Crippen LogP contribution in [0.1, 0.15) is 16.7 Å². The predicted octanol–water partition coefficient (Wildman–Crippen LogP) is 5.69. The summed E-state index contributed by atoms with van der Waals surface area (Å²) < 4.78 is 28.3. The van der Waals surface area contributed by atoms with Crippen LogP contribution in [0.5, 0.6) is 5.75 Å². The number of aryl methyl sites for hydroxylation is 1. The third-order valence-corrected chi connectivity index (χ3v) is 9.39. The second kappa shape index (κ2) is 12.3. The Bertz CT molecular complexity index is 1790. The summed E-state index contributed by atoms with van der Waals surface area (Å²) in [6.45, 7) is 1.82. The lowest BCUT2D eigenvalue weighted by atomic mass is 10.0. The van der Waals surface area contributed by atoms with Crippen molar-refractivity contribution in [3.63, 3.8) is 0 Å². The first-order valence-corrected chi connectivity index (χ1v) is 15.7. The number of nitrogens with one attached hydrogen (secondary N) is 1. The van der Waals surface area contributed by atoms with Crippen molar-refractivity contribution in [2.75, 3.05) is 0 Å². The molecule has 4 aromatic rings. The number of amides is 2. The van der Waals surface area contributed by atoms with Gasteiger partial charge in [0.25, 0.3) is 21.8 Å². The van der Waals surface area contributed by atoms with Gasteiger partial charge in [0.1, 0.15) is 16.1 Å². The van der Waals surface area contributed by atoms with Gasteiger partial charge < -0.3 is 5.11 Å². The minimum atomic E-state index is -4.21. The molecule has 1 aliphatic heterocycles. The molecule has 4 aromatic carbocycles. The van der Waals surface area contributed by atoms with E-state index in [9.17, 15) is 23.1 Å². The topological polar surface area (TPSA) is 104 Å². The van der Waals surface area contributed by atoms with Gasteiger partial charge in [-0.2, -0.15) is 0 Å². The van der Waals surface area contributed by atoms with Gasteiger partial charge in [-0.3, -0.25) is 14.5 Å². The van der Waals surface area contributed by atoms with Gasteiger partial charge in [0.15, 0.2) is 0 Å². The first-order valence-electron chi connectivity index (χ1n) is 12.9. The van der Waals surface area contributed by atoms with Gasteiger partial charge in [0.05, 0.1) is 9.80 Å².